The van der Waals surface area contributed by atoms with Crippen LogP contribution in [0, 0.1) is 12.8 Å². The van der Waals surface area contributed by atoms with Gasteiger partial charge in [0.05, 0.1) is 0 Å². The zero-order valence-electron chi connectivity index (χ0n) is 10.4. The van der Waals surface area contributed by atoms with E-state index in [1.54, 1.807) is 0 Å². The molecule has 0 aromatic carbocycles. The summed E-state index contributed by atoms with van der Waals surface area (Å²) in [5.74, 6) is -0.272. The van der Waals surface area contributed by atoms with Crippen molar-refractivity contribution in [3.63, 3.8) is 0 Å². The van der Waals surface area contributed by atoms with Gasteiger partial charge in [-0.25, -0.2) is 9.78 Å². The number of hydrogen-bond acceptors (Lipinski definition) is 4. The second kappa shape index (κ2) is 4.64. The fraction of sp³-hybridized carbons (Fsp3) is 0.667. The van der Waals surface area contributed by atoms with Crippen molar-refractivity contribution in [2.24, 2.45) is 5.92 Å². The Morgan fingerprint density at radius 3 is 2.76 bits per heavy atom. The van der Waals surface area contributed by atoms with Gasteiger partial charge in [0, 0.05) is 17.5 Å². The molecule has 2 atom stereocenters. The van der Waals surface area contributed by atoms with E-state index in [0.29, 0.717) is 12.0 Å². The molecule has 2 rings (SSSR count). The number of rotatable bonds is 2. The summed E-state index contributed by atoms with van der Waals surface area (Å²) in [6.45, 7) is 7.22. The molecule has 2 heterocycles. The smallest absolute Gasteiger partial charge is 0.355 e. The SMILES string of the molecule is Cc1sc(N2CC(C)CCC2C)nc1C(=O)O. The second-order valence-corrected chi connectivity index (χ2v) is 6.07. The van der Waals surface area contributed by atoms with Crippen LogP contribution in [0.15, 0.2) is 0 Å². The molecule has 1 aliphatic heterocycles. The van der Waals surface area contributed by atoms with Gasteiger partial charge < -0.3 is 10.0 Å². The van der Waals surface area contributed by atoms with Crippen LogP contribution in [0.3, 0.4) is 0 Å². The predicted octanol–water partition coefficient (Wildman–Crippen LogP) is 2.77. The van der Waals surface area contributed by atoms with Crippen LogP contribution in [0.5, 0.6) is 0 Å². The fourth-order valence-electron chi connectivity index (χ4n) is 2.26. The minimum absolute atomic E-state index is 0.204. The number of aromatic nitrogens is 1. The van der Waals surface area contributed by atoms with E-state index in [1.807, 2.05) is 6.92 Å². The average molecular weight is 254 g/mol. The summed E-state index contributed by atoms with van der Waals surface area (Å²) < 4.78 is 0. The van der Waals surface area contributed by atoms with Gasteiger partial charge in [0.25, 0.3) is 0 Å². The molecule has 2 unspecified atom stereocenters. The normalized spacial score (nSPS) is 25.0. The first-order valence-electron chi connectivity index (χ1n) is 5.96. The minimum Gasteiger partial charge on any atom is -0.476 e. The van der Waals surface area contributed by atoms with Crippen molar-refractivity contribution >= 4 is 22.4 Å². The summed E-state index contributed by atoms with van der Waals surface area (Å²) in [5.41, 5.74) is 0.204. The summed E-state index contributed by atoms with van der Waals surface area (Å²) in [4.78, 5) is 18.3. The first kappa shape index (κ1) is 12.4. The Kier molecular flexibility index (Phi) is 3.38. The lowest BCUT2D eigenvalue weighted by atomic mass is 9.96. The van der Waals surface area contributed by atoms with Crippen LogP contribution in [-0.2, 0) is 0 Å². The van der Waals surface area contributed by atoms with Crippen molar-refractivity contribution in [1.29, 1.82) is 0 Å². The van der Waals surface area contributed by atoms with E-state index < -0.39 is 5.97 Å². The van der Waals surface area contributed by atoms with Gasteiger partial charge in [-0.15, -0.1) is 11.3 Å². The number of carbonyl (C=O) groups is 1. The number of aryl methyl sites for hydroxylation is 1. The topological polar surface area (TPSA) is 53.4 Å². The molecule has 1 aromatic rings. The van der Waals surface area contributed by atoms with E-state index in [-0.39, 0.29) is 5.69 Å². The number of aromatic carboxylic acids is 1. The number of carboxylic acid groups (broad SMARTS) is 1. The summed E-state index contributed by atoms with van der Waals surface area (Å²) >= 11 is 1.49. The number of nitrogens with zero attached hydrogens (tertiary/aromatic N) is 2. The Morgan fingerprint density at radius 2 is 2.18 bits per heavy atom. The molecule has 1 aromatic heterocycles. The highest BCUT2D eigenvalue weighted by Crippen LogP contribution is 2.32. The van der Waals surface area contributed by atoms with E-state index >= 15 is 0 Å². The lowest BCUT2D eigenvalue weighted by Gasteiger charge is -2.36. The highest BCUT2D eigenvalue weighted by atomic mass is 32.1. The van der Waals surface area contributed by atoms with E-state index in [4.69, 9.17) is 5.11 Å². The van der Waals surface area contributed by atoms with E-state index in [1.165, 1.54) is 17.8 Å². The first-order valence-corrected chi connectivity index (χ1v) is 6.78. The standard InChI is InChI=1S/C12H18N2O2S/c1-7-4-5-8(2)14(6-7)12-13-10(11(15)16)9(3)17-12/h7-8H,4-6H2,1-3H3,(H,15,16). The highest BCUT2D eigenvalue weighted by molar-refractivity contribution is 7.15. The van der Waals surface area contributed by atoms with Crippen LogP contribution < -0.4 is 4.90 Å². The average Bonchev–Trinajstić information content (AvgIpc) is 2.64. The molecule has 4 nitrogen and oxygen atoms in total. The highest BCUT2D eigenvalue weighted by Gasteiger charge is 2.26. The Morgan fingerprint density at radius 1 is 1.47 bits per heavy atom. The largest absolute Gasteiger partial charge is 0.476 e. The molecule has 5 heteroatoms. The molecule has 0 radical (unpaired) electrons. The number of carboxylic acids is 1. The zero-order chi connectivity index (χ0) is 12.6. The molecule has 0 amide bonds. The van der Waals surface area contributed by atoms with Gasteiger partial charge in [0.1, 0.15) is 0 Å². The number of hydrogen-bond donors (Lipinski definition) is 1. The van der Waals surface area contributed by atoms with Crippen LogP contribution in [0.1, 0.15) is 42.1 Å². The Balaban J connectivity index is 2.26. The lowest BCUT2D eigenvalue weighted by molar-refractivity contribution is 0.0690. The van der Waals surface area contributed by atoms with Crippen LogP contribution in [-0.4, -0.2) is 28.6 Å². The Bertz CT molecular complexity index is 430. The molecule has 0 spiro atoms. The predicted molar refractivity (Wildman–Crippen MR) is 69.0 cm³/mol. The molecule has 1 N–H and O–H groups in total. The molecule has 0 bridgehead atoms. The molecule has 1 aliphatic rings. The van der Waals surface area contributed by atoms with Gasteiger partial charge in [0.15, 0.2) is 10.8 Å². The van der Waals surface area contributed by atoms with Crippen molar-refractivity contribution < 1.29 is 9.90 Å². The van der Waals surface area contributed by atoms with Gasteiger partial charge in [-0.2, -0.15) is 0 Å². The van der Waals surface area contributed by atoms with Gasteiger partial charge in [0.2, 0.25) is 0 Å². The molecular weight excluding hydrogens is 236 g/mol. The molecule has 0 saturated carbocycles. The third-order valence-corrected chi connectivity index (χ3v) is 4.36. The summed E-state index contributed by atoms with van der Waals surface area (Å²) in [6, 6.07) is 0.457. The van der Waals surface area contributed by atoms with Gasteiger partial charge in [-0.3, -0.25) is 0 Å². The first-order chi connectivity index (χ1) is 7.99. The molecular formula is C12H18N2O2S. The zero-order valence-corrected chi connectivity index (χ0v) is 11.3. The van der Waals surface area contributed by atoms with Crippen molar-refractivity contribution in [2.45, 2.75) is 39.7 Å². The van der Waals surface area contributed by atoms with Gasteiger partial charge >= 0.3 is 5.97 Å². The molecule has 1 saturated heterocycles. The maximum absolute atomic E-state index is 11.0. The van der Waals surface area contributed by atoms with Crippen molar-refractivity contribution in [1.82, 2.24) is 4.98 Å². The Hall–Kier alpha value is -1.10. The molecule has 17 heavy (non-hydrogen) atoms. The number of thiazole rings is 1. The molecule has 1 fully saturated rings. The van der Waals surface area contributed by atoms with Crippen LogP contribution in [0.4, 0.5) is 5.13 Å². The van der Waals surface area contributed by atoms with Gasteiger partial charge in [-0.1, -0.05) is 6.92 Å². The lowest BCUT2D eigenvalue weighted by Crippen LogP contribution is -2.41. The monoisotopic (exact) mass is 254 g/mol. The van der Waals surface area contributed by atoms with Gasteiger partial charge in [-0.05, 0) is 32.6 Å². The quantitative estimate of drug-likeness (QED) is 0.881. The molecule has 0 aliphatic carbocycles. The van der Waals surface area contributed by atoms with E-state index in [0.717, 1.165) is 23.0 Å². The van der Waals surface area contributed by atoms with E-state index in [2.05, 4.69) is 23.7 Å². The molecule has 94 valence electrons. The second-order valence-electron chi connectivity index (χ2n) is 4.89. The summed E-state index contributed by atoms with van der Waals surface area (Å²) in [5, 5.41) is 9.88. The van der Waals surface area contributed by atoms with Crippen LogP contribution in [0.2, 0.25) is 0 Å². The fourth-order valence-corrected chi connectivity index (χ4v) is 3.27. The minimum atomic E-state index is -0.928. The maximum Gasteiger partial charge on any atom is 0.355 e. The third kappa shape index (κ3) is 2.44. The third-order valence-electron chi connectivity index (χ3n) is 3.35. The van der Waals surface area contributed by atoms with Crippen LogP contribution >= 0.6 is 11.3 Å². The Labute approximate surface area is 105 Å². The number of anilines is 1. The summed E-state index contributed by atoms with van der Waals surface area (Å²) in [7, 11) is 0. The van der Waals surface area contributed by atoms with Crippen LogP contribution in [0.25, 0.3) is 0 Å². The number of piperidine rings is 1. The van der Waals surface area contributed by atoms with Crippen molar-refractivity contribution in [3.05, 3.63) is 10.6 Å². The van der Waals surface area contributed by atoms with Crippen molar-refractivity contribution in [2.75, 3.05) is 11.4 Å². The maximum atomic E-state index is 11.0. The summed E-state index contributed by atoms with van der Waals surface area (Å²) in [6.07, 6.45) is 2.40. The van der Waals surface area contributed by atoms with E-state index in [9.17, 15) is 4.79 Å². The van der Waals surface area contributed by atoms with Crippen molar-refractivity contribution in [3.8, 4) is 0 Å².